The Kier molecular flexibility index (Phi) is 7.25. The van der Waals surface area contributed by atoms with Crippen molar-refractivity contribution in [1.29, 1.82) is 0 Å². The van der Waals surface area contributed by atoms with E-state index in [2.05, 4.69) is 6.58 Å². The summed E-state index contributed by atoms with van der Waals surface area (Å²) in [6, 6.07) is 26.7. The summed E-state index contributed by atoms with van der Waals surface area (Å²) in [7, 11) is -1.42. The van der Waals surface area contributed by atoms with Crippen LogP contribution in [0.25, 0.3) is 0 Å². The Hall–Kier alpha value is -3.28. The summed E-state index contributed by atoms with van der Waals surface area (Å²) < 4.78 is 15.6. The van der Waals surface area contributed by atoms with E-state index in [1.54, 1.807) is 4.90 Å². The summed E-state index contributed by atoms with van der Waals surface area (Å²) in [6.07, 6.45) is 2.00. The fourth-order valence-electron chi connectivity index (χ4n) is 4.41. The van der Waals surface area contributed by atoms with Gasteiger partial charge in [-0.25, -0.2) is 8.51 Å². The maximum absolute atomic E-state index is 14.2. The van der Waals surface area contributed by atoms with Crippen molar-refractivity contribution in [2.75, 3.05) is 11.4 Å². The van der Waals surface area contributed by atoms with E-state index in [9.17, 15) is 9.00 Å². The lowest BCUT2D eigenvalue weighted by atomic mass is 9.90. The van der Waals surface area contributed by atoms with Crippen LogP contribution < -0.4 is 4.90 Å². The molecule has 1 aliphatic rings. The third kappa shape index (κ3) is 4.67. The summed E-state index contributed by atoms with van der Waals surface area (Å²) >= 11 is 0. The zero-order valence-corrected chi connectivity index (χ0v) is 20.7. The first-order valence-electron chi connectivity index (χ1n) is 11.4. The standard InChI is InChI=1S/C29H30N2O2S/c1-5-22(3)28-27(23(4)20-30(28)34(33)26-18-16-21(2)17-19-26)29(32)31(24-12-8-6-9-13-24)25-14-10-7-11-15-25/h5-19,27-28H,4,20H2,1-3H3/b22-5+/t27-,28+,34+/m1/s1. The van der Waals surface area contributed by atoms with Crippen molar-refractivity contribution in [3.05, 3.63) is 114 Å². The Morgan fingerprint density at radius 1 is 0.971 bits per heavy atom. The lowest BCUT2D eigenvalue weighted by Crippen LogP contribution is -2.42. The van der Waals surface area contributed by atoms with E-state index in [1.807, 2.05) is 116 Å². The molecule has 5 heteroatoms. The molecule has 0 aromatic heterocycles. The first-order valence-corrected chi connectivity index (χ1v) is 12.5. The number of carbonyl (C=O) groups is 1. The van der Waals surface area contributed by atoms with Crippen molar-refractivity contribution >= 4 is 28.3 Å². The Morgan fingerprint density at radius 2 is 1.50 bits per heavy atom. The van der Waals surface area contributed by atoms with Crippen molar-refractivity contribution < 1.29 is 9.00 Å². The van der Waals surface area contributed by atoms with Crippen molar-refractivity contribution in [2.24, 2.45) is 5.92 Å². The van der Waals surface area contributed by atoms with Gasteiger partial charge in [0.2, 0.25) is 5.91 Å². The van der Waals surface area contributed by atoms with Gasteiger partial charge in [-0.05, 0) is 62.7 Å². The molecule has 0 unspecified atom stereocenters. The van der Waals surface area contributed by atoms with Crippen molar-refractivity contribution in [1.82, 2.24) is 4.31 Å². The lowest BCUT2D eigenvalue weighted by Gasteiger charge is -2.31. The van der Waals surface area contributed by atoms with Gasteiger partial charge in [0.25, 0.3) is 0 Å². The predicted octanol–water partition coefficient (Wildman–Crippen LogP) is 6.21. The predicted molar refractivity (Wildman–Crippen MR) is 140 cm³/mol. The molecule has 174 valence electrons. The van der Waals surface area contributed by atoms with E-state index in [-0.39, 0.29) is 11.9 Å². The molecule has 34 heavy (non-hydrogen) atoms. The van der Waals surface area contributed by atoms with Crippen molar-refractivity contribution in [3.63, 3.8) is 0 Å². The van der Waals surface area contributed by atoms with Crippen LogP contribution in [0.2, 0.25) is 0 Å². The van der Waals surface area contributed by atoms with E-state index >= 15 is 0 Å². The van der Waals surface area contributed by atoms with Gasteiger partial charge in [0.05, 0.1) is 16.9 Å². The van der Waals surface area contributed by atoms with Crippen LogP contribution in [-0.2, 0) is 15.8 Å². The highest BCUT2D eigenvalue weighted by Crippen LogP contribution is 2.39. The molecule has 0 aliphatic carbocycles. The smallest absolute Gasteiger partial charge is 0.240 e. The van der Waals surface area contributed by atoms with E-state index in [0.717, 1.165) is 33.0 Å². The molecule has 1 heterocycles. The Labute approximate surface area is 204 Å². The summed E-state index contributed by atoms with van der Waals surface area (Å²) in [6.45, 7) is 10.6. The zero-order chi connectivity index (χ0) is 24.2. The molecular weight excluding hydrogens is 440 g/mol. The van der Waals surface area contributed by atoms with Crippen LogP contribution in [0.15, 0.2) is 114 Å². The molecule has 0 bridgehead atoms. The Balaban J connectivity index is 1.76. The number of anilines is 2. The van der Waals surface area contributed by atoms with Crippen molar-refractivity contribution in [3.8, 4) is 0 Å². The van der Waals surface area contributed by atoms with Crippen LogP contribution in [-0.4, -0.2) is 27.0 Å². The molecule has 0 saturated carbocycles. The minimum atomic E-state index is -1.42. The highest BCUT2D eigenvalue weighted by atomic mass is 32.2. The number of nitrogens with zero attached hydrogens (tertiary/aromatic N) is 2. The molecule has 0 radical (unpaired) electrons. The van der Waals surface area contributed by atoms with E-state index in [4.69, 9.17) is 0 Å². The summed E-state index contributed by atoms with van der Waals surface area (Å²) in [5, 5.41) is 0. The van der Waals surface area contributed by atoms with E-state index < -0.39 is 16.9 Å². The molecule has 0 spiro atoms. The fraction of sp³-hybridized carbons (Fsp3) is 0.207. The lowest BCUT2D eigenvalue weighted by molar-refractivity contribution is -0.120. The average molecular weight is 471 g/mol. The number of benzene rings is 3. The van der Waals surface area contributed by atoms with E-state index in [1.165, 1.54) is 0 Å². The largest absolute Gasteiger partial charge is 0.280 e. The maximum atomic E-state index is 14.2. The molecule has 1 amide bonds. The second kappa shape index (κ2) is 10.3. The number of allylic oxidation sites excluding steroid dienone is 1. The normalized spacial score (nSPS) is 19.7. The SMILES string of the molecule is C=C1CN([S@@](=O)c2ccc(C)cc2)[C@@H](/C(C)=C/C)[C@@H]1C(=O)N(c1ccccc1)c1ccccc1. The first kappa shape index (κ1) is 23.9. The molecule has 4 nitrogen and oxygen atoms in total. The second-order valence-electron chi connectivity index (χ2n) is 8.60. The molecule has 3 aromatic rings. The van der Waals surface area contributed by atoms with Crippen LogP contribution in [0.1, 0.15) is 19.4 Å². The van der Waals surface area contributed by atoms with Gasteiger partial charge in [-0.2, -0.15) is 0 Å². The zero-order valence-electron chi connectivity index (χ0n) is 19.8. The number of amides is 1. The van der Waals surface area contributed by atoms with Crippen molar-refractivity contribution in [2.45, 2.75) is 31.7 Å². The highest BCUT2D eigenvalue weighted by Gasteiger charge is 2.46. The fourth-order valence-corrected chi connectivity index (χ4v) is 5.82. The minimum absolute atomic E-state index is 0.0722. The molecule has 1 fully saturated rings. The van der Waals surface area contributed by atoms with Gasteiger partial charge in [-0.15, -0.1) is 0 Å². The number of aryl methyl sites for hydroxylation is 1. The van der Waals surface area contributed by atoms with Gasteiger partial charge < -0.3 is 0 Å². The maximum Gasteiger partial charge on any atom is 0.240 e. The quantitative estimate of drug-likeness (QED) is 0.402. The van der Waals surface area contributed by atoms with Gasteiger partial charge in [-0.3, -0.25) is 9.69 Å². The van der Waals surface area contributed by atoms with Gasteiger partial charge in [-0.1, -0.05) is 72.3 Å². The molecule has 1 saturated heterocycles. The number of hydrogen-bond donors (Lipinski definition) is 0. The molecular formula is C29H30N2O2S. The van der Waals surface area contributed by atoms with Crippen LogP contribution in [0, 0.1) is 12.8 Å². The molecule has 3 atom stereocenters. The summed E-state index contributed by atoms with van der Waals surface area (Å²) in [5.41, 5.74) is 4.47. The highest BCUT2D eigenvalue weighted by molar-refractivity contribution is 7.82. The van der Waals surface area contributed by atoms with Crippen LogP contribution in [0.5, 0.6) is 0 Å². The number of para-hydroxylation sites is 2. The van der Waals surface area contributed by atoms with Crippen LogP contribution in [0.4, 0.5) is 11.4 Å². The topological polar surface area (TPSA) is 40.6 Å². The summed E-state index contributed by atoms with van der Waals surface area (Å²) in [5.74, 6) is -0.594. The van der Waals surface area contributed by atoms with Gasteiger partial charge in [0.15, 0.2) is 0 Å². The summed E-state index contributed by atoms with van der Waals surface area (Å²) in [4.78, 5) is 16.7. The minimum Gasteiger partial charge on any atom is -0.280 e. The molecule has 4 rings (SSSR count). The average Bonchev–Trinajstić information content (AvgIpc) is 3.22. The number of hydrogen-bond acceptors (Lipinski definition) is 2. The van der Waals surface area contributed by atoms with Crippen LogP contribution in [0.3, 0.4) is 0 Å². The number of rotatable bonds is 6. The molecule has 3 aromatic carbocycles. The Bertz CT molecular complexity index is 1180. The first-order chi connectivity index (χ1) is 16.4. The third-order valence-electron chi connectivity index (χ3n) is 6.30. The van der Waals surface area contributed by atoms with E-state index in [0.29, 0.717) is 6.54 Å². The Morgan fingerprint density at radius 3 is 2.00 bits per heavy atom. The number of carbonyl (C=O) groups excluding carboxylic acids is 1. The van der Waals surface area contributed by atoms with Gasteiger partial charge in [0, 0.05) is 17.9 Å². The van der Waals surface area contributed by atoms with Crippen LogP contribution >= 0.6 is 0 Å². The van der Waals surface area contributed by atoms with Gasteiger partial charge >= 0.3 is 0 Å². The molecule has 1 aliphatic heterocycles. The monoisotopic (exact) mass is 470 g/mol. The van der Waals surface area contributed by atoms with Gasteiger partial charge in [0.1, 0.15) is 11.0 Å². The second-order valence-corrected chi connectivity index (χ2v) is 10.0. The third-order valence-corrected chi connectivity index (χ3v) is 7.76. The molecule has 0 N–H and O–H groups in total.